The van der Waals surface area contributed by atoms with E-state index in [0.29, 0.717) is 111 Å². The number of nitriles is 1. The summed E-state index contributed by atoms with van der Waals surface area (Å²) >= 11 is 0. The van der Waals surface area contributed by atoms with Crippen LogP contribution in [0.4, 0.5) is 23.5 Å². The van der Waals surface area contributed by atoms with Gasteiger partial charge in [0.15, 0.2) is 11.3 Å². The van der Waals surface area contributed by atoms with Crippen molar-refractivity contribution in [1.29, 1.82) is 5.26 Å². The van der Waals surface area contributed by atoms with Gasteiger partial charge in [-0.05, 0) is 116 Å². The second kappa shape index (κ2) is 22.4. The molecule has 4 fully saturated rings. The largest absolute Gasteiger partial charge is 0.490 e. The number of nitrogens with zero attached hydrogens (tertiary/aromatic N) is 11. The molecule has 0 saturated carbocycles. The van der Waals surface area contributed by atoms with Gasteiger partial charge in [0.05, 0.1) is 123 Å². The zero-order chi connectivity index (χ0) is 51.3. The molecule has 2 aromatic carbocycles. The van der Waals surface area contributed by atoms with E-state index in [-0.39, 0.29) is 36.4 Å². The molecular weight excluding hydrogens is 929 g/mol. The third-order valence-electron chi connectivity index (χ3n) is 13.2. The molecular formula is C54H66N12O7. The second-order valence-corrected chi connectivity index (χ2v) is 19.5. The van der Waals surface area contributed by atoms with Crippen LogP contribution in [0.1, 0.15) is 71.3 Å². The number of carbonyl (C=O) groups is 1. The molecule has 4 aliphatic heterocycles. The maximum atomic E-state index is 12.2. The molecule has 6 aromatic rings. The summed E-state index contributed by atoms with van der Waals surface area (Å²) < 4.78 is 34.2. The fraction of sp³-hybridized carbons (Fsp3) is 0.481. The van der Waals surface area contributed by atoms with E-state index in [0.717, 1.165) is 58.9 Å². The highest BCUT2D eigenvalue weighted by Gasteiger charge is 2.30. The van der Waals surface area contributed by atoms with Crippen LogP contribution in [0.15, 0.2) is 60.7 Å². The highest BCUT2D eigenvalue weighted by Crippen LogP contribution is 2.35. The quantitative estimate of drug-likeness (QED) is 0.141. The molecule has 1 amide bonds. The van der Waals surface area contributed by atoms with Crippen LogP contribution in [0.5, 0.6) is 11.5 Å². The predicted octanol–water partition coefficient (Wildman–Crippen LogP) is 6.83. The van der Waals surface area contributed by atoms with E-state index in [2.05, 4.69) is 53.4 Å². The van der Waals surface area contributed by atoms with Crippen molar-refractivity contribution in [2.45, 2.75) is 91.8 Å². The third-order valence-corrected chi connectivity index (χ3v) is 13.2. The van der Waals surface area contributed by atoms with Gasteiger partial charge < -0.3 is 53.8 Å². The van der Waals surface area contributed by atoms with Crippen LogP contribution in [-0.4, -0.2) is 151 Å². The molecule has 8 heterocycles. The maximum absolute atomic E-state index is 12.2. The lowest BCUT2D eigenvalue weighted by Crippen LogP contribution is -2.46. The Kier molecular flexibility index (Phi) is 15.6. The lowest BCUT2D eigenvalue weighted by Gasteiger charge is -2.37. The molecule has 73 heavy (non-hydrogen) atoms. The average molecular weight is 995 g/mol. The van der Waals surface area contributed by atoms with Gasteiger partial charge in [-0.2, -0.15) is 25.2 Å². The number of anilines is 4. The number of fused-ring (bicyclic) bond motifs is 2. The molecule has 19 heteroatoms. The van der Waals surface area contributed by atoms with Gasteiger partial charge >= 0.3 is 0 Å². The Bertz CT molecular complexity index is 2990. The van der Waals surface area contributed by atoms with Crippen molar-refractivity contribution < 1.29 is 33.2 Å². The first-order chi connectivity index (χ1) is 35.3. The van der Waals surface area contributed by atoms with Crippen LogP contribution >= 0.6 is 0 Å². The summed E-state index contributed by atoms with van der Waals surface area (Å²) in [5, 5.41) is 11.5. The molecule has 4 aliphatic rings. The molecule has 2 N–H and O–H groups in total. The topological polar surface area (TPSA) is 213 Å². The average Bonchev–Trinajstić information content (AvgIpc) is 3.38. The number of amides is 1. The van der Waals surface area contributed by atoms with Crippen LogP contribution in [-0.2, 0) is 18.9 Å². The Morgan fingerprint density at radius 1 is 0.575 bits per heavy atom. The van der Waals surface area contributed by atoms with Crippen LogP contribution in [0.3, 0.4) is 0 Å². The molecule has 4 atom stereocenters. The van der Waals surface area contributed by atoms with E-state index >= 15 is 0 Å². The van der Waals surface area contributed by atoms with Gasteiger partial charge in [0.25, 0.3) is 5.91 Å². The summed E-state index contributed by atoms with van der Waals surface area (Å²) in [6, 6.07) is 21.8. The van der Waals surface area contributed by atoms with Crippen molar-refractivity contribution in [1.82, 2.24) is 29.9 Å². The first-order valence-electron chi connectivity index (χ1n) is 25.3. The number of nitrogens with two attached hydrogens (primary N) is 1. The Labute approximate surface area is 426 Å². The van der Waals surface area contributed by atoms with Crippen molar-refractivity contribution in [2.24, 2.45) is 5.73 Å². The highest BCUT2D eigenvalue weighted by atomic mass is 16.5. The predicted molar refractivity (Wildman–Crippen MR) is 281 cm³/mol. The van der Waals surface area contributed by atoms with Gasteiger partial charge in [-0.25, -0.2) is 9.97 Å². The first-order valence-corrected chi connectivity index (χ1v) is 25.3. The minimum absolute atomic E-state index is 0.0135. The number of primary amides is 1. The summed E-state index contributed by atoms with van der Waals surface area (Å²) in [7, 11) is 0. The Morgan fingerprint density at radius 2 is 0.986 bits per heavy atom. The van der Waals surface area contributed by atoms with Crippen molar-refractivity contribution >= 4 is 51.5 Å². The fourth-order valence-corrected chi connectivity index (χ4v) is 9.49. The standard InChI is InChI=1S/C27H34N6O4.C27H32N6O3/c1-16(2)37-23-8-5-19(13-21(23)24(28)34)22-7-6-20-25(29-22)30-27(33-10-12-36-15-18(33)4)31-26(20)32-9-11-35-14-17(32)3;1-17(2)36-24-8-5-20(13-21(24)14-28)23-7-6-22-25(29-23)30-27(33-10-12-35-16-19(33)4)31-26(22)32-9-11-34-15-18(32)3/h5-8,13,16-18H,9-12,14-15H2,1-4H3,(H2,28,34);5-8,13,17-19H,9-12,15-16H2,1-4H3/t17-,18-;18-,19-/m00/s1. The van der Waals surface area contributed by atoms with Crippen molar-refractivity contribution in [3.05, 3.63) is 71.8 Å². The number of hydrogen-bond acceptors (Lipinski definition) is 18. The zero-order valence-corrected chi connectivity index (χ0v) is 43.1. The third kappa shape index (κ3) is 11.3. The van der Waals surface area contributed by atoms with Gasteiger partial charge in [-0.1, -0.05) is 0 Å². The van der Waals surface area contributed by atoms with E-state index < -0.39 is 5.91 Å². The first kappa shape index (κ1) is 50.9. The van der Waals surface area contributed by atoms with Crippen LogP contribution in [0.25, 0.3) is 44.6 Å². The summed E-state index contributed by atoms with van der Waals surface area (Å²) in [6.07, 6.45) is -0.0955. The second-order valence-electron chi connectivity index (χ2n) is 19.5. The molecule has 0 unspecified atom stereocenters. The van der Waals surface area contributed by atoms with Gasteiger partial charge in [-0.3, -0.25) is 4.79 Å². The molecule has 0 radical (unpaired) electrons. The SMILES string of the molecule is CC(C)Oc1ccc(-c2ccc3c(N4CCOC[C@@H]4C)nc(N4CCOC[C@@H]4C)nc3n2)cc1C#N.CC(C)Oc1ccc(-c2ccc3c(N4CCOC[C@@H]4C)nc(N4CCOC[C@@H]4C)nc3n2)cc1C(N)=O. The summed E-state index contributed by atoms with van der Waals surface area (Å²) in [4.78, 5) is 50.9. The minimum Gasteiger partial charge on any atom is -0.490 e. The molecule has 0 bridgehead atoms. The Hall–Kier alpha value is -6.98. The van der Waals surface area contributed by atoms with Gasteiger partial charge in [0, 0.05) is 37.3 Å². The summed E-state index contributed by atoms with van der Waals surface area (Å²) in [6.45, 7) is 24.3. The molecule has 19 nitrogen and oxygen atoms in total. The Balaban J connectivity index is 0.000000180. The van der Waals surface area contributed by atoms with Crippen molar-refractivity contribution in [3.8, 4) is 40.1 Å². The summed E-state index contributed by atoms with van der Waals surface area (Å²) in [5.41, 5.74) is 10.7. The maximum Gasteiger partial charge on any atom is 0.252 e. The smallest absolute Gasteiger partial charge is 0.252 e. The number of morpholine rings is 4. The molecule has 4 saturated heterocycles. The molecule has 0 spiro atoms. The van der Waals surface area contributed by atoms with Crippen molar-refractivity contribution in [2.75, 3.05) is 98.6 Å². The number of ether oxygens (including phenoxy) is 6. The minimum atomic E-state index is -0.548. The monoisotopic (exact) mass is 995 g/mol. The lowest BCUT2D eigenvalue weighted by molar-refractivity contribution is 0.0972. The molecule has 10 rings (SSSR count). The van der Waals surface area contributed by atoms with Gasteiger partial charge in [-0.15, -0.1) is 0 Å². The number of hydrogen-bond donors (Lipinski definition) is 1. The van der Waals surface area contributed by atoms with Crippen LogP contribution < -0.4 is 34.8 Å². The highest BCUT2D eigenvalue weighted by molar-refractivity contribution is 5.97. The van der Waals surface area contributed by atoms with Crippen LogP contribution in [0.2, 0.25) is 0 Å². The van der Waals surface area contributed by atoms with E-state index in [1.54, 1.807) is 12.1 Å². The van der Waals surface area contributed by atoms with E-state index in [1.807, 2.05) is 76.2 Å². The molecule has 4 aromatic heterocycles. The van der Waals surface area contributed by atoms with Gasteiger partial charge in [0.1, 0.15) is 29.2 Å². The number of rotatable bonds is 11. The lowest BCUT2D eigenvalue weighted by atomic mass is 10.1. The normalized spacial score (nSPS) is 20.5. The van der Waals surface area contributed by atoms with Crippen molar-refractivity contribution in [3.63, 3.8) is 0 Å². The van der Waals surface area contributed by atoms with E-state index in [9.17, 15) is 10.1 Å². The number of pyridine rings is 2. The summed E-state index contributed by atoms with van der Waals surface area (Å²) in [5.74, 6) is 3.52. The zero-order valence-electron chi connectivity index (χ0n) is 43.1. The van der Waals surface area contributed by atoms with E-state index in [1.165, 1.54) is 0 Å². The number of carbonyl (C=O) groups excluding carboxylic acids is 1. The van der Waals surface area contributed by atoms with Gasteiger partial charge in [0.2, 0.25) is 11.9 Å². The van der Waals surface area contributed by atoms with E-state index in [4.69, 9.17) is 64.1 Å². The molecule has 384 valence electrons. The molecule has 0 aliphatic carbocycles. The Morgan fingerprint density at radius 3 is 1.40 bits per heavy atom. The number of aromatic nitrogens is 6. The van der Waals surface area contributed by atoms with Crippen LogP contribution in [0, 0.1) is 11.3 Å². The fourth-order valence-electron chi connectivity index (χ4n) is 9.49. The number of benzene rings is 2.